The third kappa shape index (κ3) is 5.33. The van der Waals surface area contributed by atoms with Gasteiger partial charge in [0.25, 0.3) is 5.91 Å². The Morgan fingerprint density at radius 3 is 2.66 bits per heavy atom. The maximum Gasteiger partial charge on any atom is 0.262 e. The van der Waals surface area contributed by atoms with Crippen LogP contribution >= 0.6 is 15.9 Å². The van der Waals surface area contributed by atoms with Gasteiger partial charge in [0.05, 0.1) is 18.1 Å². The van der Waals surface area contributed by atoms with Gasteiger partial charge in [0, 0.05) is 23.2 Å². The fourth-order valence-corrected chi connectivity index (χ4v) is 4.81. The highest BCUT2D eigenvalue weighted by atomic mass is 79.9. The summed E-state index contributed by atoms with van der Waals surface area (Å²) >= 11 is 3.14. The molecule has 0 spiro atoms. The zero-order valence-electron chi connectivity index (χ0n) is 15.7. The number of hydrogen-bond acceptors (Lipinski definition) is 5. The molecule has 0 unspecified atom stereocenters. The average molecular weight is 487 g/mol. The number of carbonyl (C=O) groups is 1. The number of nitrogens with zero attached hydrogens (tertiary/aromatic N) is 1. The van der Waals surface area contributed by atoms with Gasteiger partial charge in [0.15, 0.2) is 18.2 Å². The number of sulfonamides is 1. The topological polar surface area (TPSA) is 84.9 Å². The average Bonchev–Trinajstić information content (AvgIpc) is 2.69. The Balaban J connectivity index is 1.69. The number of benzene rings is 2. The van der Waals surface area contributed by atoms with Crippen LogP contribution in [0.3, 0.4) is 0 Å². The summed E-state index contributed by atoms with van der Waals surface area (Å²) < 4.78 is 51.9. The van der Waals surface area contributed by atoms with Crippen molar-refractivity contribution in [2.45, 2.75) is 11.8 Å². The molecule has 2 aromatic rings. The molecule has 7 nitrogen and oxygen atoms in total. The van der Waals surface area contributed by atoms with Gasteiger partial charge in [-0.2, -0.15) is 4.31 Å². The summed E-state index contributed by atoms with van der Waals surface area (Å²) in [6.07, 6.45) is 0. The molecule has 0 aliphatic carbocycles. The van der Waals surface area contributed by atoms with Gasteiger partial charge in [-0.15, -0.1) is 0 Å². The number of amides is 1. The van der Waals surface area contributed by atoms with Crippen LogP contribution in [-0.4, -0.2) is 51.5 Å². The number of nitrogens with one attached hydrogen (secondary N) is 1. The molecule has 1 fully saturated rings. The van der Waals surface area contributed by atoms with E-state index in [4.69, 9.17) is 9.47 Å². The van der Waals surface area contributed by atoms with Crippen molar-refractivity contribution in [3.8, 4) is 5.75 Å². The van der Waals surface area contributed by atoms with Crippen LogP contribution in [0.1, 0.15) is 5.56 Å². The van der Waals surface area contributed by atoms with Gasteiger partial charge < -0.3 is 14.8 Å². The first-order valence-corrected chi connectivity index (χ1v) is 11.1. The maximum absolute atomic E-state index is 13.8. The first kappa shape index (κ1) is 21.7. The highest BCUT2D eigenvalue weighted by Gasteiger charge is 2.28. The van der Waals surface area contributed by atoms with E-state index in [1.54, 1.807) is 25.1 Å². The Bertz CT molecular complexity index is 1010. The maximum atomic E-state index is 13.8. The summed E-state index contributed by atoms with van der Waals surface area (Å²) in [6.45, 7) is 2.53. The molecule has 1 heterocycles. The zero-order valence-corrected chi connectivity index (χ0v) is 18.1. The van der Waals surface area contributed by atoms with Gasteiger partial charge in [-0.1, -0.05) is 22.0 Å². The number of ether oxygens (including phenoxy) is 2. The molecule has 0 atom stereocenters. The van der Waals surface area contributed by atoms with E-state index in [1.165, 1.54) is 22.5 Å². The Kier molecular flexibility index (Phi) is 6.89. The zero-order chi connectivity index (χ0) is 21.0. The molecule has 156 valence electrons. The quantitative estimate of drug-likeness (QED) is 0.678. The monoisotopic (exact) mass is 486 g/mol. The Labute approximate surface area is 177 Å². The Morgan fingerprint density at radius 1 is 1.24 bits per heavy atom. The second-order valence-electron chi connectivity index (χ2n) is 6.41. The van der Waals surface area contributed by atoms with Crippen LogP contribution in [0.25, 0.3) is 0 Å². The molecule has 2 aromatic carbocycles. The Morgan fingerprint density at radius 2 is 1.97 bits per heavy atom. The molecular formula is C19H20BrFN2O5S. The fraction of sp³-hybridized carbons (Fsp3) is 0.316. The largest absolute Gasteiger partial charge is 0.481 e. The molecule has 1 N–H and O–H groups in total. The predicted octanol–water partition coefficient (Wildman–Crippen LogP) is 2.94. The second kappa shape index (κ2) is 9.21. The minimum atomic E-state index is -3.70. The van der Waals surface area contributed by atoms with Crippen LogP contribution in [0.2, 0.25) is 0 Å². The first-order chi connectivity index (χ1) is 13.8. The number of morpholine rings is 1. The molecule has 0 bridgehead atoms. The molecule has 29 heavy (non-hydrogen) atoms. The summed E-state index contributed by atoms with van der Waals surface area (Å²) in [7, 11) is -3.70. The molecule has 1 aliphatic rings. The second-order valence-corrected chi connectivity index (χ2v) is 9.23. The van der Waals surface area contributed by atoms with E-state index in [1.807, 2.05) is 0 Å². The van der Waals surface area contributed by atoms with Gasteiger partial charge in [-0.05, 0) is 42.8 Å². The number of aryl methyl sites for hydroxylation is 1. The lowest BCUT2D eigenvalue weighted by atomic mass is 10.2. The number of halogens is 2. The van der Waals surface area contributed by atoms with Crippen LogP contribution in [0.5, 0.6) is 5.75 Å². The van der Waals surface area contributed by atoms with Crippen LogP contribution in [0.15, 0.2) is 45.8 Å². The van der Waals surface area contributed by atoms with E-state index < -0.39 is 28.4 Å². The number of rotatable bonds is 6. The van der Waals surface area contributed by atoms with E-state index in [-0.39, 0.29) is 23.7 Å². The predicted molar refractivity (Wildman–Crippen MR) is 109 cm³/mol. The molecule has 1 aliphatic heterocycles. The highest BCUT2D eigenvalue weighted by Crippen LogP contribution is 2.25. The van der Waals surface area contributed by atoms with Crippen molar-refractivity contribution >= 4 is 37.5 Å². The third-order valence-corrected chi connectivity index (χ3v) is 6.85. The van der Waals surface area contributed by atoms with Gasteiger partial charge in [0.1, 0.15) is 0 Å². The first-order valence-electron chi connectivity index (χ1n) is 8.83. The van der Waals surface area contributed by atoms with E-state index in [0.717, 1.165) is 0 Å². The smallest absolute Gasteiger partial charge is 0.262 e. The van der Waals surface area contributed by atoms with Crippen molar-refractivity contribution < 1.29 is 27.1 Å². The minimum Gasteiger partial charge on any atom is -0.481 e. The lowest BCUT2D eigenvalue weighted by Crippen LogP contribution is -2.40. The molecule has 0 saturated carbocycles. The minimum absolute atomic E-state index is 0.0529. The van der Waals surface area contributed by atoms with Crippen molar-refractivity contribution in [3.63, 3.8) is 0 Å². The van der Waals surface area contributed by atoms with Gasteiger partial charge in [-0.25, -0.2) is 12.8 Å². The van der Waals surface area contributed by atoms with E-state index in [2.05, 4.69) is 21.2 Å². The summed E-state index contributed by atoms with van der Waals surface area (Å²) in [5, 5.41) is 2.58. The summed E-state index contributed by atoms with van der Waals surface area (Å²) in [5.41, 5.74) is 0.884. The molecule has 0 radical (unpaired) electrons. The lowest BCUT2D eigenvalue weighted by Gasteiger charge is -2.26. The Hall–Kier alpha value is -2.01. The van der Waals surface area contributed by atoms with Crippen LogP contribution in [-0.2, 0) is 19.6 Å². The standard InChI is InChI=1S/C19H20BrFN2O5S/c1-13-2-4-15(11-18(13)29(25,26)23-6-8-27-9-7-23)22-19(24)12-28-17-5-3-14(20)10-16(17)21/h2-5,10-11H,6-9,12H2,1H3,(H,22,24). The van der Waals surface area contributed by atoms with Crippen molar-refractivity contribution in [2.75, 3.05) is 38.2 Å². The lowest BCUT2D eigenvalue weighted by molar-refractivity contribution is -0.118. The molecule has 1 saturated heterocycles. The molecule has 10 heteroatoms. The molecule has 3 rings (SSSR count). The van der Waals surface area contributed by atoms with E-state index in [0.29, 0.717) is 28.9 Å². The number of carbonyl (C=O) groups excluding carboxylic acids is 1. The van der Waals surface area contributed by atoms with Crippen molar-refractivity contribution in [2.24, 2.45) is 0 Å². The molecule has 1 amide bonds. The summed E-state index contributed by atoms with van der Waals surface area (Å²) in [4.78, 5) is 12.3. The fourth-order valence-electron chi connectivity index (χ4n) is 2.81. The summed E-state index contributed by atoms with van der Waals surface area (Å²) in [6, 6.07) is 8.88. The van der Waals surface area contributed by atoms with E-state index in [9.17, 15) is 17.6 Å². The highest BCUT2D eigenvalue weighted by molar-refractivity contribution is 9.10. The normalized spacial score (nSPS) is 15.1. The van der Waals surface area contributed by atoms with Gasteiger partial charge >= 0.3 is 0 Å². The molecular weight excluding hydrogens is 467 g/mol. The number of anilines is 1. The van der Waals surface area contributed by atoms with Gasteiger partial charge in [-0.3, -0.25) is 4.79 Å². The van der Waals surface area contributed by atoms with Gasteiger partial charge in [0.2, 0.25) is 10.0 Å². The van der Waals surface area contributed by atoms with Crippen LogP contribution in [0, 0.1) is 12.7 Å². The third-order valence-electron chi connectivity index (χ3n) is 4.31. The van der Waals surface area contributed by atoms with Crippen LogP contribution < -0.4 is 10.1 Å². The van der Waals surface area contributed by atoms with Crippen molar-refractivity contribution in [1.82, 2.24) is 4.31 Å². The van der Waals surface area contributed by atoms with Crippen LogP contribution in [0.4, 0.5) is 10.1 Å². The summed E-state index contributed by atoms with van der Waals surface area (Å²) in [5.74, 6) is -1.19. The van der Waals surface area contributed by atoms with Crippen molar-refractivity contribution in [3.05, 3.63) is 52.3 Å². The SMILES string of the molecule is Cc1ccc(NC(=O)COc2ccc(Br)cc2F)cc1S(=O)(=O)N1CCOCC1. The number of hydrogen-bond donors (Lipinski definition) is 1. The van der Waals surface area contributed by atoms with E-state index >= 15 is 0 Å². The van der Waals surface area contributed by atoms with Crippen molar-refractivity contribution in [1.29, 1.82) is 0 Å². The molecule has 0 aromatic heterocycles.